The second-order valence-electron chi connectivity index (χ2n) is 6.98. The van der Waals surface area contributed by atoms with Gasteiger partial charge in [-0.25, -0.2) is 8.42 Å². The fraction of sp³-hybridized carbons (Fsp3) is 0.350. The van der Waals surface area contributed by atoms with Crippen molar-refractivity contribution in [3.8, 4) is 0 Å². The molecule has 1 heterocycles. The monoisotopic (exact) mass is 423 g/mol. The van der Waals surface area contributed by atoms with Crippen molar-refractivity contribution in [1.29, 1.82) is 0 Å². The molecule has 6 nitrogen and oxygen atoms in total. The number of carbonyl (C=O) groups is 1. The number of anilines is 1. The quantitative estimate of drug-likeness (QED) is 0.772. The number of halogens is 1. The Hall–Kier alpha value is -2.09. The van der Waals surface area contributed by atoms with Crippen molar-refractivity contribution in [2.24, 2.45) is 11.7 Å². The first-order valence-electron chi connectivity index (χ1n) is 9.09. The third-order valence-electron chi connectivity index (χ3n) is 5.01. The second kappa shape index (κ2) is 9.41. The van der Waals surface area contributed by atoms with Crippen LogP contribution in [-0.4, -0.2) is 38.4 Å². The molecule has 1 amide bonds. The lowest BCUT2D eigenvalue weighted by atomic mass is 9.90. The Bertz CT molecular complexity index is 879. The number of benzene rings is 2. The molecule has 8 heteroatoms. The van der Waals surface area contributed by atoms with Gasteiger partial charge in [0.05, 0.1) is 4.90 Å². The van der Waals surface area contributed by atoms with E-state index in [2.05, 4.69) is 4.72 Å². The molecule has 0 aliphatic carbocycles. The minimum absolute atomic E-state index is 0. The second-order valence-corrected chi connectivity index (χ2v) is 8.67. The minimum atomic E-state index is -3.64. The summed E-state index contributed by atoms with van der Waals surface area (Å²) in [7, 11) is -3.64. The molecule has 1 unspecified atom stereocenters. The molecular formula is C20H26ClN3O3S. The molecule has 1 aliphatic rings. The molecule has 2 aromatic rings. The summed E-state index contributed by atoms with van der Waals surface area (Å²) in [4.78, 5) is 14.7. The molecule has 1 fully saturated rings. The first-order valence-corrected chi connectivity index (χ1v) is 10.6. The molecule has 1 aliphatic heterocycles. The van der Waals surface area contributed by atoms with Gasteiger partial charge in [0, 0.05) is 30.4 Å². The highest BCUT2D eigenvalue weighted by Gasteiger charge is 2.25. The van der Waals surface area contributed by atoms with E-state index in [1.54, 1.807) is 42.5 Å². The zero-order chi connectivity index (χ0) is 19.4. The van der Waals surface area contributed by atoms with Crippen LogP contribution in [0.1, 0.15) is 30.1 Å². The van der Waals surface area contributed by atoms with Gasteiger partial charge in [0.25, 0.3) is 15.9 Å². The van der Waals surface area contributed by atoms with Gasteiger partial charge in [-0.05, 0) is 62.1 Å². The molecule has 0 aromatic heterocycles. The highest BCUT2D eigenvalue weighted by atomic mass is 35.5. The summed E-state index contributed by atoms with van der Waals surface area (Å²) in [6.07, 6.45) is 1.83. The number of piperidine rings is 1. The molecule has 1 atom stereocenters. The highest BCUT2D eigenvalue weighted by Crippen LogP contribution is 2.22. The number of hydrogen-bond donors (Lipinski definition) is 2. The maximum Gasteiger partial charge on any atom is 0.261 e. The van der Waals surface area contributed by atoms with Gasteiger partial charge >= 0.3 is 0 Å². The topological polar surface area (TPSA) is 92.5 Å². The maximum absolute atomic E-state index is 12.7. The van der Waals surface area contributed by atoms with Crippen molar-refractivity contribution >= 4 is 34.0 Å². The summed E-state index contributed by atoms with van der Waals surface area (Å²) in [6, 6.07) is 14.9. The summed E-state index contributed by atoms with van der Waals surface area (Å²) >= 11 is 0. The predicted molar refractivity (Wildman–Crippen MR) is 113 cm³/mol. The summed E-state index contributed by atoms with van der Waals surface area (Å²) < 4.78 is 27.2. The number of hydrogen-bond acceptors (Lipinski definition) is 4. The maximum atomic E-state index is 12.7. The summed E-state index contributed by atoms with van der Waals surface area (Å²) in [5.74, 6) is 0.430. The number of sulfonamides is 1. The van der Waals surface area contributed by atoms with Crippen LogP contribution in [0.2, 0.25) is 0 Å². The largest absolute Gasteiger partial charge is 0.339 e. The van der Waals surface area contributed by atoms with Crippen LogP contribution in [0.3, 0.4) is 0 Å². The molecule has 0 bridgehead atoms. The van der Waals surface area contributed by atoms with Crippen molar-refractivity contribution in [3.05, 3.63) is 60.2 Å². The van der Waals surface area contributed by atoms with Crippen molar-refractivity contribution < 1.29 is 13.2 Å². The van der Waals surface area contributed by atoms with Crippen LogP contribution < -0.4 is 10.5 Å². The van der Waals surface area contributed by atoms with Crippen LogP contribution in [-0.2, 0) is 10.0 Å². The van der Waals surface area contributed by atoms with Gasteiger partial charge in [0.15, 0.2) is 0 Å². The van der Waals surface area contributed by atoms with Crippen LogP contribution in [0.25, 0.3) is 0 Å². The summed E-state index contributed by atoms with van der Waals surface area (Å²) in [6.45, 7) is 3.41. The van der Waals surface area contributed by atoms with Gasteiger partial charge in [-0.3, -0.25) is 9.52 Å². The number of rotatable bonds is 5. The SMILES string of the molecule is CC(N)C1CCN(C(=O)c2ccc(NS(=O)(=O)c3ccccc3)cc2)CC1.Cl. The molecule has 2 aromatic carbocycles. The summed E-state index contributed by atoms with van der Waals surface area (Å²) in [5, 5.41) is 0. The van der Waals surface area contributed by atoms with E-state index >= 15 is 0 Å². The normalized spacial score (nSPS) is 16.1. The van der Waals surface area contributed by atoms with Gasteiger partial charge in [-0.2, -0.15) is 0 Å². The van der Waals surface area contributed by atoms with Crippen LogP contribution in [0.4, 0.5) is 5.69 Å². The number of carbonyl (C=O) groups excluding carboxylic acids is 1. The van der Waals surface area contributed by atoms with Crippen molar-refractivity contribution in [2.75, 3.05) is 17.8 Å². The average Bonchev–Trinajstić information content (AvgIpc) is 2.68. The molecule has 3 N–H and O–H groups in total. The van der Waals surface area contributed by atoms with Crippen molar-refractivity contribution in [1.82, 2.24) is 4.90 Å². The smallest absolute Gasteiger partial charge is 0.261 e. The number of amides is 1. The van der Waals surface area contributed by atoms with Gasteiger partial charge in [0.2, 0.25) is 0 Å². The average molecular weight is 424 g/mol. The van der Waals surface area contributed by atoms with Gasteiger partial charge < -0.3 is 10.6 Å². The van der Waals surface area contributed by atoms with E-state index in [4.69, 9.17) is 5.73 Å². The molecule has 0 saturated carbocycles. The minimum Gasteiger partial charge on any atom is -0.339 e. The molecule has 1 saturated heterocycles. The van der Waals surface area contributed by atoms with Gasteiger partial charge in [0.1, 0.15) is 0 Å². The van der Waals surface area contributed by atoms with Crippen LogP contribution >= 0.6 is 12.4 Å². The molecule has 0 radical (unpaired) electrons. The molecule has 3 rings (SSSR count). The van der Waals surface area contributed by atoms with Crippen molar-refractivity contribution in [2.45, 2.75) is 30.7 Å². The molecule has 0 spiro atoms. The van der Waals surface area contributed by atoms with Crippen molar-refractivity contribution in [3.63, 3.8) is 0 Å². The zero-order valence-corrected chi connectivity index (χ0v) is 17.4. The number of nitrogens with two attached hydrogens (primary N) is 1. The number of likely N-dealkylation sites (tertiary alicyclic amines) is 1. The van der Waals surface area contributed by atoms with E-state index in [-0.39, 0.29) is 29.3 Å². The van der Waals surface area contributed by atoms with Crippen LogP contribution in [0.5, 0.6) is 0 Å². The Morgan fingerprint density at radius 2 is 1.64 bits per heavy atom. The van der Waals surface area contributed by atoms with E-state index in [0.29, 0.717) is 30.3 Å². The third kappa shape index (κ3) is 5.25. The molecule has 28 heavy (non-hydrogen) atoms. The molecule has 152 valence electrons. The first-order chi connectivity index (χ1) is 12.9. The summed E-state index contributed by atoms with van der Waals surface area (Å²) in [5.41, 5.74) is 6.92. The Morgan fingerprint density at radius 1 is 1.07 bits per heavy atom. The van der Waals surface area contributed by atoms with E-state index in [0.717, 1.165) is 12.8 Å². The number of nitrogens with zero attached hydrogens (tertiary/aromatic N) is 1. The van der Waals surface area contributed by atoms with Crippen LogP contribution in [0, 0.1) is 5.92 Å². The van der Waals surface area contributed by atoms with Gasteiger partial charge in [-0.15, -0.1) is 12.4 Å². The van der Waals surface area contributed by atoms with Crippen LogP contribution in [0.15, 0.2) is 59.5 Å². The Balaban J connectivity index is 0.00000280. The zero-order valence-electron chi connectivity index (χ0n) is 15.7. The highest BCUT2D eigenvalue weighted by molar-refractivity contribution is 7.92. The first kappa shape index (κ1) is 22.2. The Kier molecular flexibility index (Phi) is 7.46. The fourth-order valence-corrected chi connectivity index (χ4v) is 4.39. The van der Waals surface area contributed by atoms with E-state index in [1.807, 2.05) is 11.8 Å². The lowest BCUT2D eigenvalue weighted by Crippen LogP contribution is -2.42. The standard InChI is InChI=1S/C20H25N3O3S.ClH/c1-15(21)16-11-13-23(14-12-16)20(24)17-7-9-18(10-8-17)22-27(25,26)19-5-3-2-4-6-19;/h2-10,15-16,22H,11-14,21H2,1H3;1H. The third-order valence-corrected chi connectivity index (χ3v) is 6.41. The fourth-order valence-electron chi connectivity index (χ4n) is 3.31. The Labute approximate surface area is 172 Å². The van der Waals surface area contributed by atoms with E-state index in [1.165, 1.54) is 12.1 Å². The Morgan fingerprint density at radius 3 is 2.18 bits per heavy atom. The van der Waals surface area contributed by atoms with E-state index in [9.17, 15) is 13.2 Å². The lowest BCUT2D eigenvalue weighted by Gasteiger charge is -2.33. The molecular weight excluding hydrogens is 398 g/mol. The predicted octanol–water partition coefficient (Wildman–Crippen LogP) is 3.11. The van der Waals surface area contributed by atoms with Gasteiger partial charge in [-0.1, -0.05) is 18.2 Å². The lowest BCUT2D eigenvalue weighted by molar-refractivity contribution is 0.0681. The van der Waals surface area contributed by atoms with E-state index < -0.39 is 10.0 Å². The number of nitrogens with one attached hydrogen (secondary N) is 1.